The molecular formula is C28H23ClN4O3S. The molecule has 0 fully saturated rings. The summed E-state index contributed by atoms with van der Waals surface area (Å²) < 4.78 is 7.92. The van der Waals surface area contributed by atoms with Gasteiger partial charge in [0, 0.05) is 15.6 Å². The van der Waals surface area contributed by atoms with E-state index < -0.39 is 5.25 Å². The van der Waals surface area contributed by atoms with Crippen molar-refractivity contribution >= 4 is 34.1 Å². The Morgan fingerprint density at radius 1 is 0.973 bits per heavy atom. The molecule has 7 nitrogen and oxygen atoms in total. The van der Waals surface area contributed by atoms with Crippen LogP contribution >= 0.6 is 23.4 Å². The summed E-state index contributed by atoms with van der Waals surface area (Å²) in [6.07, 6.45) is 0. The Morgan fingerprint density at radius 3 is 2.46 bits per heavy atom. The topological polar surface area (TPSA) is 83.1 Å². The average molecular weight is 531 g/mol. The Balaban J connectivity index is 1.34. The van der Waals surface area contributed by atoms with E-state index in [1.54, 1.807) is 12.1 Å². The van der Waals surface area contributed by atoms with Crippen LogP contribution in [0.25, 0.3) is 16.5 Å². The number of thioether (sulfide) groups is 1. The van der Waals surface area contributed by atoms with Crippen LogP contribution < -0.4 is 4.74 Å². The van der Waals surface area contributed by atoms with Gasteiger partial charge in [-0.1, -0.05) is 78.0 Å². The van der Waals surface area contributed by atoms with Gasteiger partial charge in [-0.3, -0.25) is 14.7 Å². The van der Waals surface area contributed by atoms with Crippen molar-refractivity contribution in [2.75, 3.05) is 6.54 Å². The van der Waals surface area contributed by atoms with Gasteiger partial charge in [0.25, 0.3) is 0 Å². The fourth-order valence-electron chi connectivity index (χ4n) is 4.14. The van der Waals surface area contributed by atoms with Crippen molar-refractivity contribution in [1.29, 1.82) is 0 Å². The molecule has 1 aromatic heterocycles. The molecule has 1 heterocycles. The van der Waals surface area contributed by atoms with Crippen LogP contribution in [0.4, 0.5) is 0 Å². The summed E-state index contributed by atoms with van der Waals surface area (Å²) in [6.45, 7) is 2.01. The van der Waals surface area contributed by atoms with Gasteiger partial charge in [0.05, 0.1) is 0 Å². The largest absolute Gasteiger partial charge is 0.489 e. The molecule has 5 rings (SSSR count). The second-order valence-electron chi connectivity index (χ2n) is 8.46. The lowest BCUT2D eigenvalue weighted by molar-refractivity contribution is -0.479. The SMILES string of the molecule is Cc1nnc(S[C@@H](C[N+](=O)[O-])c2ccc(OCc3cccc4ccccc34)cc2)n1-c1ccc(Cl)cc1. The summed E-state index contributed by atoms with van der Waals surface area (Å²) in [5, 5.41) is 23.1. The number of fused-ring (bicyclic) bond motifs is 1. The monoisotopic (exact) mass is 530 g/mol. The van der Waals surface area contributed by atoms with Crippen LogP contribution in [0.2, 0.25) is 5.02 Å². The maximum absolute atomic E-state index is 11.5. The molecule has 0 bridgehead atoms. The van der Waals surface area contributed by atoms with E-state index in [4.69, 9.17) is 16.3 Å². The summed E-state index contributed by atoms with van der Waals surface area (Å²) in [6, 6.07) is 29.1. The van der Waals surface area contributed by atoms with E-state index >= 15 is 0 Å². The minimum atomic E-state index is -0.461. The van der Waals surface area contributed by atoms with Crippen molar-refractivity contribution in [3.63, 3.8) is 0 Å². The Kier molecular flexibility index (Phi) is 7.39. The molecule has 0 aliphatic carbocycles. The minimum Gasteiger partial charge on any atom is -0.489 e. The Morgan fingerprint density at radius 2 is 1.70 bits per heavy atom. The first-order valence-corrected chi connectivity index (χ1v) is 12.9. The van der Waals surface area contributed by atoms with Crippen molar-refractivity contribution in [3.8, 4) is 11.4 Å². The van der Waals surface area contributed by atoms with Crippen molar-refractivity contribution in [3.05, 3.63) is 123 Å². The van der Waals surface area contributed by atoms with Gasteiger partial charge in [0.1, 0.15) is 23.4 Å². The smallest absolute Gasteiger partial charge is 0.220 e. The van der Waals surface area contributed by atoms with Gasteiger partial charge in [0.2, 0.25) is 6.54 Å². The first-order chi connectivity index (χ1) is 18.0. The van der Waals surface area contributed by atoms with Crippen LogP contribution in [0.5, 0.6) is 5.75 Å². The fraction of sp³-hybridized carbons (Fsp3) is 0.143. The molecule has 4 aromatic carbocycles. The van der Waals surface area contributed by atoms with Crippen molar-refractivity contribution in [1.82, 2.24) is 14.8 Å². The van der Waals surface area contributed by atoms with E-state index in [1.165, 1.54) is 17.1 Å². The van der Waals surface area contributed by atoms with Crippen LogP contribution in [0.1, 0.15) is 22.2 Å². The number of halogens is 1. The highest BCUT2D eigenvalue weighted by molar-refractivity contribution is 7.99. The predicted octanol–water partition coefficient (Wildman–Crippen LogP) is 7.07. The number of aryl methyl sites for hydroxylation is 1. The molecule has 0 aliphatic heterocycles. The molecule has 5 aromatic rings. The van der Waals surface area contributed by atoms with E-state index in [-0.39, 0.29) is 11.5 Å². The second-order valence-corrected chi connectivity index (χ2v) is 10.1. The highest BCUT2D eigenvalue weighted by atomic mass is 35.5. The Labute approximate surface area is 223 Å². The molecule has 0 amide bonds. The Bertz CT molecular complexity index is 1530. The van der Waals surface area contributed by atoms with Crippen LogP contribution in [0.15, 0.2) is 96.2 Å². The molecule has 0 N–H and O–H groups in total. The molecule has 0 spiro atoms. The summed E-state index contributed by atoms with van der Waals surface area (Å²) in [7, 11) is 0. The zero-order chi connectivity index (χ0) is 25.8. The van der Waals surface area contributed by atoms with Gasteiger partial charge in [-0.25, -0.2) is 0 Å². The molecule has 0 saturated carbocycles. The lowest BCUT2D eigenvalue weighted by Gasteiger charge is -2.15. The number of benzene rings is 4. The summed E-state index contributed by atoms with van der Waals surface area (Å²) in [5.41, 5.74) is 2.75. The average Bonchev–Trinajstić information content (AvgIpc) is 3.27. The maximum atomic E-state index is 11.5. The van der Waals surface area contributed by atoms with E-state index in [0.717, 1.165) is 22.2 Å². The van der Waals surface area contributed by atoms with Crippen LogP contribution in [-0.4, -0.2) is 26.2 Å². The first kappa shape index (κ1) is 24.8. The van der Waals surface area contributed by atoms with Gasteiger partial charge in [-0.05, 0) is 65.2 Å². The van der Waals surface area contributed by atoms with Crippen molar-refractivity contribution in [2.45, 2.75) is 23.9 Å². The predicted molar refractivity (Wildman–Crippen MR) is 146 cm³/mol. The third kappa shape index (κ3) is 5.76. The van der Waals surface area contributed by atoms with Crippen LogP contribution in [0.3, 0.4) is 0 Å². The number of hydrogen-bond donors (Lipinski definition) is 0. The molecule has 37 heavy (non-hydrogen) atoms. The van der Waals surface area contributed by atoms with Gasteiger partial charge >= 0.3 is 0 Å². The molecular weight excluding hydrogens is 508 g/mol. The molecule has 1 atom stereocenters. The third-order valence-electron chi connectivity index (χ3n) is 5.97. The molecule has 0 radical (unpaired) electrons. The highest BCUT2D eigenvalue weighted by Crippen LogP contribution is 2.36. The van der Waals surface area contributed by atoms with Crippen molar-refractivity contribution in [2.24, 2.45) is 0 Å². The minimum absolute atomic E-state index is 0.257. The van der Waals surface area contributed by atoms with Gasteiger partial charge in [-0.15, -0.1) is 10.2 Å². The number of nitrogens with zero attached hydrogens (tertiary/aromatic N) is 4. The molecule has 0 saturated heterocycles. The molecule has 186 valence electrons. The van der Waals surface area contributed by atoms with Crippen LogP contribution in [-0.2, 0) is 6.61 Å². The lowest BCUT2D eigenvalue weighted by Crippen LogP contribution is -2.11. The number of aromatic nitrogens is 3. The molecule has 9 heteroatoms. The second kappa shape index (κ2) is 11.0. The van der Waals surface area contributed by atoms with E-state index in [0.29, 0.717) is 28.4 Å². The fourth-order valence-corrected chi connectivity index (χ4v) is 5.44. The van der Waals surface area contributed by atoms with E-state index in [1.807, 2.05) is 66.1 Å². The normalized spacial score (nSPS) is 11.9. The van der Waals surface area contributed by atoms with E-state index in [9.17, 15) is 10.1 Å². The first-order valence-electron chi connectivity index (χ1n) is 11.6. The zero-order valence-corrected chi connectivity index (χ0v) is 21.5. The number of hydrogen-bond acceptors (Lipinski definition) is 6. The van der Waals surface area contributed by atoms with Crippen molar-refractivity contribution < 1.29 is 9.66 Å². The zero-order valence-electron chi connectivity index (χ0n) is 20.0. The lowest BCUT2D eigenvalue weighted by atomic mass is 10.1. The number of rotatable bonds is 9. The quantitative estimate of drug-likeness (QED) is 0.115. The molecule has 0 unspecified atom stereocenters. The number of nitro groups is 1. The summed E-state index contributed by atoms with van der Waals surface area (Å²) in [4.78, 5) is 11.2. The maximum Gasteiger partial charge on any atom is 0.220 e. The third-order valence-corrected chi connectivity index (χ3v) is 7.40. The van der Waals surface area contributed by atoms with Gasteiger partial charge in [0.15, 0.2) is 5.16 Å². The van der Waals surface area contributed by atoms with Crippen LogP contribution in [0, 0.1) is 17.0 Å². The standard InChI is InChI=1S/C28H23ClN4O3S/c1-19-30-31-28(33(19)24-13-11-23(29)12-14-24)37-27(17-32(34)35)21-9-15-25(16-10-21)36-18-22-7-4-6-20-5-2-3-8-26(20)22/h2-16,27H,17-18H2,1H3/t27-/m0/s1. The summed E-state index contributed by atoms with van der Waals surface area (Å²) in [5.74, 6) is 1.38. The molecule has 0 aliphatic rings. The van der Waals surface area contributed by atoms with Gasteiger partial charge < -0.3 is 4.74 Å². The van der Waals surface area contributed by atoms with Gasteiger partial charge in [-0.2, -0.15) is 0 Å². The van der Waals surface area contributed by atoms with E-state index in [2.05, 4.69) is 34.5 Å². The Hall–Kier alpha value is -3.88. The highest BCUT2D eigenvalue weighted by Gasteiger charge is 2.24. The summed E-state index contributed by atoms with van der Waals surface area (Å²) >= 11 is 7.35. The number of ether oxygens (including phenoxy) is 1.